The molecule has 0 unspecified atom stereocenters. The number of hydrogen-bond donors (Lipinski definition) is 0. The Kier molecular flexibility index (Phi) is 7.94. The molecule has 1 amide bonds. The Labute approximate surface area is 184 Å². The van der Waals surface area contributed by atoms with Gasteiger partial charge in [0, 0.05) is 19.4 Å². The van der Waals surface area contributed by atoms with Crippen LogP contribution in [-0.4, -0.2) is 40.2 Å². The topological polar surface area (TPSA) is 112 Å². The average Bonchev–Trinajstić information content (AvgIpc) is 3.50. The number of esters is 1. The van der Waals surface area contributed by atoms with Crippen molar-refractivity contribution in [1.29, 1.82) is 0 Å². The van der Waals surface area contributed by atoms with E-state index in [1.54, 1.807) is 30.9 Å². The Morgan fingerprint density at radius 2 is 2.06 bits per heavy atom. The summed E-state index contributed by atoms with van der Waals surface area (Å²) >= 11 is 1.18. The molecule has 0 atom stereocenters. The second-order valence-electron chi connectivity index (χ2n) is 6.87. The minimum atomic E-state index is -0.416. The minimum absolute atomic E-state index is 0.113. The Balaban J connectivity index is 1.70. The fourth-order valence-electron chi connectivity index (χ4n) is 2.94. The normalized spacial score (nSPS) is 10.9. The largest absolute Gasteiger partial charge is 0.462 e. The lowest BCUT2D eigenvalue weighted by atomic mass is 10.2. The first kappa shape index (κ1) is 22.7. The van der Waals surface area contributed by atoms with Crippen LogP contribution >= 0.6 is 11.3 Å². The number of anilines is 1. The summed E-state index contributed by atoms with van der Waals surface area (Å²) in [6.45, 7) is 6.42. The maximum Gasteiger partial charge on any atom is 0.350 e. The third kappa shape index (κ3) is 5.78. The zero-order chi connectivity index (χ0) is 22.2. The Morgan fingerprint density at radius 3 is 2.77 bits per heavy atom. The minimum Gasteiger partial charge on any atom is -0.462 e. The predicted octanol–water partition coefficient (Wildman–Crippen LogP) is 4.43. The van der Waals surface area contributed by atoms with Gasteiger partial charge in [0.1, 0.15) is 4.88 Å². The molecule has 0 saturated carbocycles. The van der Waals surface area contributed by atoms with Crippen LogP contribution in [0.3, 0.4) is 0 Å². The summed E-state index contributed by atoms with van der Waals surface area (Å²) in [5, 5.41) is 4.39. The van der Waals surface area contributed by atoms with E-state index >= 15 is 0 Å². The van der Waals surface area contributed by atoms with Crippen LogP contribution in [0.1, 0.15) is 60.8 Å². The molecule has 3 heterocycles. The number of nitrogens with zero attached hydrogens (tertiary/aromatic N) is 4. The van der Waals surface area contributed by atoms with E-state index < -0.39 is 5.97 Å². The quantitative estimate of drug-likeness (QED) is 0.314. The van der Waals surface area contributed by atoms with Gasteiger partial charge in [-0.2, -0.15) is 4.98 Å². The molecule has 3 aromatic rings. The standard InChI is InChI=1S/C21H26N4O5S/c1-4-6-7-12-25(21-22-14(3)18(31-21)20(27)28-5-2)17(26)11-10-16-23-19(24-30-16)15-9-8-13-29-15/h8-9,13H,4-7,10-12H2,1-3H3. The van der Waals surface area contributed by atoms with Gasteiger partial charge in [-0.15, -0.1) is 0 Å². The number of amides is 1. The average molecular weight is 447 g/mol. The van der Waals surface area contributed by atoms with Gasteiger partial charge in [-0.25, -0.2) is 9.78 Å². The third-order valence-electron chi connectivity index (χ3n) is 4.53. The van der Waals surface area contributed by atoms with Crippen molar-refractivity contribution in [3.8, 4) is 11.6 Å². The summed E-state index contributed by atoms with van der Waals surface area (Å²) in [6, 6.07) is 3.48. The molecular formula is C21H26N4O5S. The molecule has 0 N–H and O–H groups in total. The maximum absolute atomic E-state index is 13.0. The van der Waals surface area contributed by atoms with E-state index in [0.29, 0.717) is 46.1 Å². The molecule has 3 aromatic heterocycles. The molecular weight excluding hydrogens is 420 g/mol. The second kappa shape index (κ2) is 10.9. The predicted molar refractivity (Wildman–Crippen MR) is 115 cm³/mol. The van der Waals surface area contributed by atoms with E-state index in [1.165, 1.54) is 17.6 Å². The Bertz CT molecular complexity index is 996. The van der Waals surface area contributed by atoms with E-state index in [2.05, 4.69) is 22.0 Å². The molecule has 3 rings (SSSR count). The van der Waals surface area contributed by atoms with E-state index in [4.69, 9.17) is 13.7 Å². The first-order chi connectivity index (χ1) is 15.0. The van der Waals surface area contributed by atoms with Crippen LogP contribution in [0, 0.1) is 6.92 Å². The number of furan rings is 1. The van der Waals surface area contributed by atoms with Crippen molar-refractivity contribution in [2.45, 2.75) is 52.9 Å². The molecule has 31 heavy (non-hydrogen) atoms. The molecule has 0 bridgehead atoms. The molecule has 0 spiro atoms. The van der Waals surface area contributed by atoms with E-state index in [0.717, 1.165) is 19.3 Å². The zero-order valence-electron chi connectivity index (χ0n) is 17.9. The monoisotopic (exact) mass is 446 g/mol. The van der Waals surface area contributed by atoms with Gasteiger partial charge in [0.25, 0.3) is 0 Å². The first-order valence-electron chi connectivity index (χ1n) is 10.3. The molecule has 0 aliphatic heterocycles. The fraction of sp³-hybridized carbons (Fsp3) is 0.476. The van der Waals surface area contributed by atoms with Gasteiger partial charge in [-0.1, -0.05) is 36.3 Å². The van der Waals surface area contributed by atoms with E-state index in [9.17, 15) is 9.59 Å². The van der Waals surface area contributed by atoms with Crippen LogP contribution in [0.25, 0.3) is 11.6 Å². The lowest BCUT2D eigenvalue weighted by molar-refractivity contribution is -0.118. The van der Waals surface area contributed by atoms with Gasteiger partial charge in [0.2, 0.25) is 17.6 Å². The van der Waals surface area contributed by atoms with Crippen LogP contribution in [0.2, 0.25) is 0 Å². The number of carbonyl (C=O) groups is 2. The molecule has 0 aliphatic carbocycles. The van der Waals surface area contributed by atoms with E-state index in [1.807, 2.05) is 0 Å². The van der Waals surface area contributed by atoms with Crippen LogP contribution in [0.15, 0.2) is 27.3 Å². The van der Waals surface area contributed by atoms with Crippen LogP contribution < -0.4 is 4.90 Å². The molecule has 0 aromatic carbocycles. The number of aryl methyl sites for hydroxylation is 2. The summed E-state index contributed by atoms with van der Waals surface area (Å²) < 4.78 is 15.6. The summed E-state index contributed by atoms with van der Waals surface area (Å²) in [5.74, 6) is 0.684. The number of aromatic nitrogens is 3. The number of rotatable bonds is 11. The van der Waals surface area contributed by atoms with Gasteiger partial charge in [-0.05, 0) is 32.4 Å². The Morgan fingerprint density at radius 1 is 1.23 bits per heavy atom. The van der Waals surface area contributed by atoms with Gasteiger partial charge >= 0.3 is 5.97 Å². The van der Waals surface area contributed by atoms with Crippen LogP contribution in [0.5, 0.6) is 0 Å². The highest BCUT2D eigenvalue weighted by Gasteiger charge is 2.24. The number of hydrogen-bond acceptors (Lipinski definition) is 9. The molecule has 0 fully saturated rings. The van der Waals surface area contributed by atoms with Crippen molar-refractivity contribution in [2.75, 3.05) is 18.1 Å². The van der Waals surface area contributed by atoms with Gasteiger partial charge < -0.3 is 13.7 Å². The number of unbranched alkanes of at least 4 members (excludes halogenated alkanes) is 2. The highest BCUT2D eigenvalue weighted by molar-refractivity contribution is 7.17. The van der Waals surface area contributed by atoms with Crippen molar-refractivity contribution < 1.29 is 23.3 Å². The van der Waals surface area contributed by atoms with Crippen molar-refractivity contribution >= 4 is 28.3 Å². The Hall–Kier alpha value is -3.01. The lowest BCUT2D eigenvalue weighted by Gasteiger charge is -2.19. The number of thiazole rings is 1. The molecule has 10 heteroatoms. The van der Waals surface area contributed by atoms with Crippen LogP contribution in [-0.2, 0) is 16.0 Å². The van der Waals surface area contributed by atoms with Crippen molar-refractivity contribution in [2.24, 2.45) is 0 Å². The highest BCUT2D eigenvalue weighted by atomic mass is 32.1. The lowest BCUT2D eigenvalue weighted by Crippen LogP contribution is -2.32. The van der Waals surface area contributed by atoms with E-state index in [-0.39, 0.29) is 18.9 Å². The third-order valence-corrected chi connectivity index (χ3v) is 5.69. The number of carbonyl (C=O) groups excluding carboxylic acids is 2. The van der Waals surface area contributed by atoms with Crippen molar-refractivity contribution in [3.05, 3.63) is 34.9 Å². The van der Waals surface area contributed by atoms with Crippen molar-refractivity contribution in [3.63, 3.8) is 0 Å². The molecule has 9 nitrogen and oxygen atoms in total. The summed E-state index contributed by atoms with van der Waals surface area (Å²) in [4.78, 5) is 36.0. The fourth-order valence-corrected chi connectivity index (χ4v) is 3.95. The van der Waals surface area contributed by atoms with Crippen molar-refractivity contribution in [1.82, 2.24) is 15.1 Å². The summed E-state index contributed by atoms with van der Waals surface area (Å²) in [7, 11) is 0. The summed E-state index contributed by atoms with van der Waals surface area (Å²) in [5.41, 5.74) is 0.562. The van der Waals surface area contributed by atoms with Gasteiger partial charge in [0.15, 0.2) is 10.9 Å². The molecule has 0 saturated heterocycles. The highest BCUT2D eigenvalue weighted by Crippen LogP contribution is 2.28. The van der Waals surface area contributed by atoms with Crippen LogP contribution in [0.4, 0.5) is 5.13 Å². The SMILES string of the molecule is CCCCCN(C(=O)CCc1nc(-c2ccco2)no1)c1nc(C)c(C(=O)OCC)s1. The van der Waals surface area contributed by atoms with Gasteiger partial charge in [0.05, 0.1) is 18.6 Å². The van der Waals surface area contributed by atoms with Gasteiger partial charge in [-0.3, -0.25) is 9.69 Å². The number of ether oxygens (including phenoxy) is 1. The smallest absolute Gasteiger partial charge is 0.350 e. The second-order valence-corrected chi connectivity index (χ2v) is 7.85. The first-order valence-corrected chi connectivity index (χ1v) is 11.2. The molecule has 166 valence electrons. The zero-order valence-corrected chi connectivity index (χ0v) is 18.7. The molecule has 0 aliphatic rings. The molecule has 0 radical (unpaired) electrons. The maximum atomic E-state index is 13.0. The summed E-state index contributed by atoms with van der Waals surface area (Å²) in [6.07, 6.45) is 4.88.